The zero-order valence-electron chi connectivity index (χ0n) is 12.8. The van der Waals surface area contributed by atoms with Gasteiger partial charge in [0, 0.05) is 16.0 Å². The second-order valence-corrected chi connectivity index (χ2v) is 7.01. The van der Waals surface area contributed by atoms with Gasteiger partial charge in [-0.05, 0) is 45.8 Å². The highest BCUT2D eigenvalue weighted by Crippen LogP contribution is 2.36. The molecule has 3 rings (SSSR count). The van der Waals surface area contributed by atoms with E-state index in [1.807, 2.05) is 0 Å². The summed E-state index contributed by atoms with van der Waals surface area (Å²) in [5.41, 5.74) is 1.74. The number of halogens is 2. The van der Waals surface area contributed by atoms with Crippen LogP contribution in [0, 0.1) is 0 Å². The molecule has 1 amide bonds. The largest absolute Gasteiger partial charge is 0.465 e. The lowest BCUT2D eigenvalue weighted by Crippen LogP contribution is -2.13. The Hall–Kier alpha value is -2.09. The van der Waals surface area contributed by atoms with Crippen LogP contribution in [0.2, 0.25) is 5.02 Å². The molecule has 0 saturated carbocycles. The molecular formula is C17H11BrClNO4S. The van der Waals surface area contributed by atoms with E-state index in [0.29, 0.717) is 20.3 Å². The molecule has 0 aliphatic rings. The molecule has 5 nitrogen and oxygen atoms in total. The number of rotatable bonds is 4. The predicted molar refractivity (Wildman–Crippen MR) is 100 cm³/mol. The summed E-state index contributed by atoms with van der Waals surface area (Å²) in [7, 11) is 1.29. The maximum absolute atomic E-state index is 12.3. The number of ether oxygens (including phenoxy) is 1. The standard InChI is InChI=1S/C17H11BrClNO4S/c1-23-17(22)14-11(9-2-4-10(19)5-3-9)8-25-16(14)20-15(21)12-6-7-13(18)24-12/h2-8H,1H3,(H,20,21). The number of benzene rings is 1. The smallest absolute Gasteiger partial charge is 0.341 e. The van der Waals surface area contributed by atoms with Gasteiger partial charge in [0.15, 0.2) is 10.4 Å². The molecule has 0 saturated heterocycles. The lowest BCUT2D eigenvalue weighted by molar-refractivity contribution is 0.0603. The van der Waals surface area contributed by atoms with E-state index in [1.165, 1.54) is 24.5 Å². The van der Waals surface area contributed by atoms with E-state index in [0.717, 1.165) is 5.56 Å². The van der Waals surface area contributed by atoms with Crippen molar-refractivity contribution in [2.45, 2.75) is 0 Å². The van der Waals surface area contributed by atoms with Gasteiger partial charge in [0.25, 0.3) is 5.91 Å². The Balaban J connectivity index is 1.98. The molecule has 0 aliphatic heterocycles. The van der Waals surface area contributed by atoms with Crippen molar-refractivity contribution in [3.05, 3.63) is 62.8 Å². The van der Waals surface area contributed by atoms with Gasteiger partial charge in [0.05, 0.1) is 7.11 Å². The molecule has 1 aromatic carbocycles. The molecule has 0 aliphatic carbocycles. The van der Waals surface area contributed by atoms with Crippen LogP contribution in [0.15, 0.2) is 50.9 Å². The van der Waals surface area contributed by atoms with Gasteiger partial charge in [-0.25, -0.2) is 4.79 Å². The minimum Gasteiger partial charge on any atom is -0.465 e. The first-order valence-corrected chi connectivity index (χ1v) is 9.07. The van der Waals surface area contributed by atoms with Gasteiger partial charge in [-0.2, -0.15) is 0 Å². The summed E-state index contributed by atoms with van der Waals surface area (Å²) in [6.07, 6.45) is 0. The molecule has 0 bridgehead atoms. The number of methoxy groups -OCH3 is 1. The summed E-state index contributed by atoms with van der Waals surface area (Å²) < 4.78 is 10.5. The summed E-state index contributed by atoms with van der Waals surface area (Å²) >= 11 is 10.3. The van der Waals surface area contributed by atoms with Gasteiger partial charge in [-0.1, -0.05) is 23.7 Å². The Morgan fingerprint density at radius 2 is 1.92 bits per heavy atom. The van der Waals surface area contributed by atoms with E-state index in [4.69, 9.17) is 20.8 Å². The molecule has 8 heteroatoms. The summed E-state index contributed by atoms with van der Waals surface area (Å²) in [5, 5.41) is 5.45. The van der Waals surface area contributed by atoms with Crippen molar-refractivity contribution in [2.75, 3.05) is 12.4 Å². The average Bonchev–Trinajstić information content (AvgIpc) is 3.21. The third-order valence-electron chi connectivity index (χ3n) is 3.36. The monoisotopic (exact) mass is 439 g/mol. The minimum atomic E-state index is -0.540. The number of hydrogen-bond acceptors (Lipinski definition) is 5. The van der Waals surface area contributed by atoms with Crippen molar-refractivity contribution in [1.29, 1.82) is 0 Å². The van der Waals surface area contributed by atoms with Gasteiger partial charge in [-0.3, -0.25) is 4.79 Å². The van der Waals surface area contributed by atoms with E-state index < -0.39 is 11.9 Å². The molecule has 0 unspecified atom stereocenters. The van der Waals surface area contributed by atoms with Crippen LogP contribution in [0.25, 0.3) is 11.1 Å². The van der Waals surface area contributed by atoms with E-state index in [2.05, 4.69) is 21.2 Å². The fraction of sp³-hybridized carbons (Fsp3) is 0.0588. The number of nitrogens with one attached hydrogen (secondary N) is 1. The van der Waals surface area contributed by atoms with Gasteiger partial charge >= 0.3 is 5.97 Å². The highest BCUT2D eigenvalue weighted by atomic mass is 79.9. The lowest BCUT2D eigenvalue weighted by atomic mass is 10.0. The Morgan fingerprint density at radius 1 is 1.20 bits per heavy atom. The zero-order valence-corrected chi connectivity index (χ0v) is 16.0. The molecule has 0 spiro atoms. The second-order valence-electron chi connectivity index (χ2n) is 4.91. The van der Waals surface area contributed by atoms with Crippen molar-refractivity contribution in [3.63, 3.8) is 0 Å². The molecule has 25 heavy (non-hydrogen) atoms. The molecule has 128 valence electrons. The van der Waals surface area contributed by atoms with Crippen LogP contribution in [0.3, 0.4) is 0 Å². The number of esters is 1. The Bertz CT molecular complexity index is 933. The second kappa shape index (κ2) is 7.43. The van der Waals surface area contributed by atoms with Crippen molar-refractivity contribution in [1.82, 2.24) is 0 Å². The number of amides is 1. The van der Waals surface area contributed by atoms with Crippen LogP contribution in [0.5, 0.6) is 0 Å². The number of anilines is 1. The van der Waals surface area contributed by atoms with Crippen molar-refractivity contribution < 1.29 is 18.7 Å². The molecule has 0 atom stereocenters. The highest BCUT2D eigenvalue weighted by Gasteiger charge is 2.23. The number of hydrogen-bond donors (Lipinski definition) is 1. The van der Waals surface area contributed by atoms with Gasteiger partial charge < -0.3 is 14.5 Å². The fourth-order valence-corrected chi connectivity index (χ4v) is 3.58. The molecule has 2 heterocycles. The van der Waals surface area contributed by atoms with Crippen molar-refractivity contribution >= 4 is 55.7 Å². The topological polar surface area (TPSA) is 68.5 Å². The number of carbonyl (C=O) groups is 2. The van der Waals surface area contributed by atoms with E-state index in [-0.39, 0.29) is 11.3 Å². The first kappa shape index (κ1) is 17.7. The lowest BCUT2D eigenvalue weighted by Gasteiger charge is -2.07. The Morgan fingerprint density at radius 3 is 2.52 bits per heavy atom. The Kier molecular flexibility index (Phi) is 5.27. The van der Waals surface area contributed by atoms with Crippen molar-refractivity contribution in [2.24, 2.45) is 0 Å². The summed E-state index contributed by atoms with van der Waals surface area (Å²) in [5.74, 6) is -0.869. The van der Waals surface area contributed by atoms with E-state index >= 15 is 0 Å². The number of carbonyl (C=O) groups excluding carboxylic acids is 2. The Labute approximate surface area is 160 Å². The fourth-order valence-electron chi connectivity index (χ4n) is 2.20. The summed E-state index contributed by atoms with van der Waals surface area (Å²) in [6.45, 7) is 0. The zero-order chi connectivity index (χ0) is 18.0. The third-order valence-corrected chi connectivity index (χ3v) is 4.93. The van der Waals surface area contributed by atoms with Gasteiger partial charge in [0.2, 0.25) is 0 Å². The van der Waals surface area contributed by atoms with Crippen LogP contribution in [0.4, 0.5) is 5.00 Å². The van der Waals surface area contributed by atoms with Crippen LogP contribution < -0.4 is 5.32 Å². The van der Waals surface area contributed by atoms with E-state index in [9.17, 15) is 9.59 Å². The average molecular weight is 441 g/mol. The van der Waals surface area contributed by atoms with Crippen LogP contribution in [0.1, 0.15) is 20.9 Å². The quantitative estimate of drug-likeness (QED) is 0.547. The summed E-state index contributed by atoms with van der Waals surface area (Å²) in [4.78, 5) is 24.5. The maximum atomic E-state index is 12.3. The summed E-state index contributed by atoms with van der Waals surface area (Å²) in [6, 6.07) is 10.2. The first-order valence-electron chi connectivity index (χ1n) is 7.02. The predicted octanol–water partition coefficient (Wildman–Crippen LogP) is 5.46. The molecule has 3 aromatic rings. The molecule has 1 N–H and O–H groups in total. The van der Waals surface area contributed by atoms with Crippen LogP contribution in [-0.4, -0.2) is 19.0 Å². The molecule has 2 aromatic heterocycles. The van der Waals surface area contributed by atoms with Crippen LogP contribution >= 0.6 is 38.9 Å². The normalized spacial score (nSPS) is 10.5. The van der Waals surface area contributed by atoms with Gasteiger partial charge in [-0.15, -0.1) is 11.3 Å². The van der Waals surface area contributed by atoms with Crippen LogP contribution in [-0.2, 0) is 4.74 Å². The minimum absolute atomic E-state index is 0.129. The first-order chi connectivity index (χ1) is 12.0. The maximum Gasteiger partial charge on any atom is 0.341 e. The molecule has 0 radical (unpaired) electrons. The third kappa shape index (κ3) is 3.78. The molecule has 0 fully saturated rings. The SMILES string of the molecule is COC(=O)c1c(-c2ccc(Cl)cc2)csc1NC(=O)c1ccc(Br)o1. The molecular weight excluding hydrogens is 430 g/mol. The van der Waals surface area contributed by atoms with Crippen molar-refractivity contribution in [3.8, 4) is 11.1 Å². The van der Waals surface area contributed by atoms with Gasteiger partial charge in [0.1, 0.15) is 10.6 Å². The van der Waals surface area contributed by atoms with E-state index in [1.54, 1.807) is 35.7 Å². The number of thiophene rings is 1. The number of furan rings is 1. The highest BCUT2D eigenvalue weighted by molar-refractivity contribution is 9.10.